The second-order valence-electron chi connectivity index (χ2n) is 6.64. The van der Waals surface area contributed by atoms with Crippen LogP contribution in [0.2, 0.25) is 0 Å². The fraction of sp³-hybridized carbons (Fsp3) is 0.167. The van der Waals surface area contributed by atoms with Crippen molar-refractivity contribution >= 4 is 11.9 Å². The fourth-order valence-electron chi connectivity index (χ4n) is 2.85. The van der Waals surface area contributed by atoms with Gasteiger partial charge in [0.15, 0.2) is 18.1 Å². The Morgan fingerprint density at radius 1 is 0.839 bits per heavy atom. The second kappa shape index (κ2) is 10.7. The number of carbonyl (C=O) groups excluding carboxylic acids is 1. The first-order valence-corrected chi connectivity index (χ1v) is 9.62. The molecule has 1 N–H and O–H groups in total. The van der Waals surface area contributed by atoms with Crippen molar-refractivity contribution in [2.75, 3.05) is 20.3 Å². The molecule has 7 heteroatoms. The Balaban J connectivity index is 1.67. The molecule has 31 heavy (non-hydrogen) atoms. The summed E-state index contributed by atoms with van der Waals surface area (Å²) < 4.78 is 16.6. The average Bonchev–Trinajstić information content (AvgIpc) is 2.79. The molecule has 0 unspecified atom stereocenters. The Bertz CT molecular complexity index is 1000. The monoisotopic (exact) mass is 421 g/mol. The summed E-state index contributed by atoms with van der Waals surface area (Å²) in [4.78, 5) is 25.2. The average molecular weight is 421 g/mol. The van der Waals surface area contributed by atoms with Crippen LogP contribution < -0.4 is 14.2 Å². The first-order chi connectivity index (χ1) is 15.0. The van der Waals surface area contributed by atoms with Gasteiger partial charge in [0.25, 0.3) is 5.91 Å². The van der Waals surface area contributed by atoms with E-state index in [-0.39, 0.29) is 13.2 Å². The fourth-order valence-corrected chi connectivity index (χ4v) is 2.85. The number of amides is 1. The lowest BCUT2D eigenvalue weighted by Gasteiger charge is -2.21. The van der Waals surface area contributed by atoms with Gasteiger partial charge in [-0.15, -0.1) is 0 Å². The van der Waals surface area contributed by atoms with Crippen LogP contribution in [0.1, 0.15) is 5.56 Å². The number of hydrogen-bond donors (Lipinski definition) is 1. The predicted molar refractivity (Wildman–Crippen MR) is 114 cm³/mol. The highest BCUT2D eigenvalue weighted by Gasteiger charge is 2.19. The lowest BCUT2D eigenvalue weighted by Crippen LogP contribution is -2.38. The number of carbonyl (C=O) groups is 2. The van der Waals surface area contributed by atoms with E-state index < -0.39 is 18.4 Å². The zero-order chi connectivity index (χ0) is 22.1. The molecule has 0 bridgehead atoms. The van der Waals surface area contributed by atoms with Gasteiger partial charge in [-0.05, 0) is 42.0 Å². The maximum absolute atomic E-state index is 12.7. The standard InChI is InChI=1S/C24H23NO6/c1-29-19-13-11-18(12-14-19)15-25(16-24(27)28)23(26)17-30-21-9-5-6-10-22(21)31-20-7-3-2-4-8-20/h2-14H,15-17H2,1H3,(H,27,28). The van der Waals surface area contributed by atoms with Crippen LogP contribution in [-0.4, -0.2) is 42.1 Å². The van der Waals surface area contributed by atoms with Crippen molar-refractivity contribution in [2.24, 2.45) is 0 Å². The van der Waals surface area contributed by atoms with E-state index in [0.717, 1.165) is 5.56 Å². The lowest BCUT2D eigenvalue weighted by atomic mass is 10.2. The van der Waals surface area contributed by atoms with Gasteiger partial charge in [0.2, 0.25) is 0 Å². The number of hydrogen-bond acceptors (Lipinski definition) is 5. The van der Waals surface area contributed by atoms with Crippen LogP contribution in [0.25, 0.3) is 0 Å². The van der Waals surface area contributed by atoms with Crippen LogP contribution in [0.15, 0.2) is 78.9 Å². The summed E-state index contributed by atoms with van der Waals surface area (Å²) in [5.74, 6) is 0.610. The third kappa shape index (κ3) is 6.50. The van der Waals surface area contributed by atoms with E-state index in [0.29, 0.717) is 23.0 Å². The SMILES string of the molecule is COc1ccc(CN(CC(=O)O)C(=O)COc2ccccc2Oc2ccccc2)cc1. The molecule has 160 valence electrons. The van der Waals surface area contributed by atoms with Crippen molar-refractivity contribution in [3.63, 3.8) is 0 Å². The summed E-state index contributed by atoms with van der Waals surface area (Å²) in [7, 11) is 1.56. The molecule has 1 amide bonds. The van der Waals surface area contributed by atoms with Gasteiger partial charge in [-0.25, -0.2) is 0 Å². The molecule has 3 aromatic rings. The maximum atomic E-state index is 12.7. The van der Waals surface area contributed by atoms with Gasteiger partial charge < -0.3 is 24.2 Å². The maximum Gasteiger partial charge on any atom is 0.323 e. The number of ether oxygens (including phenoxy) is 3. The normalized spacial score (nSPS) is 10.2. The number of para-hydroxylation sites is 3. The highest BCUT2D eigenvalue weighted by molar-refractivity contribution is 5.82. The Morgan fingerprint density at radius 2 is 1.48 bits per heavy atom. The number of methoxy groups -OCH3 is 1. The zero-order valence-electron chi connectivity index (χ0n) is 17.1. The highest BCUT2D eigenvalue weighted by atomic mass is 16.5. The number of carboxylic acids is 1. The van der Waals surface area contributed by atoms with E-state index in [2.05, 4.69) is 0 Å². The van der Waals surface area contributed by atoms with Crippen LogP contribution in [0.4, 0.5) is 0 Å². The minimum atomic E-state index is -1.10. The van der Waals surface area contributed by atoms with Gasteiger partial charge >= 0.3 is 5.97 Å². The molecule has 0 aliphatic rings. The first-order valence-electron chi connectivity index (χ1n) is 9.62. The molecule has 0 aliphatic carbocycles. The van der Waals surface area contributed by atoms with Crippen LogP contribution in [0.5, 0.6) is 23.0 Å². The molecule has 0 fully saturated rings. The van der Waals surface area contributed by atoms with Gasteiger partial charge in [0, 0.05) is 6.54 Å². The molecule has 0 aliphatic heterocycles. The summed E-state index contributed by atoms with van der Waals surface area (Å²) in [6.45, 7) is -0.615. The molecule has 3 aromatic carbocycles. The largest absolute Gasteiger partial charge is 0.497 e. The third-order valence-corrected chi connectivity index (χ3v) is 4.38. The Morgan fingerprint density at radius 3 is 2.13 bits per heavy atom. The molecule has 0 aromatic heterocycles. The van der Waals surface area contributed by atoms with Crippen molar-refractivity contribution in [1.29, 1.82) is 0 Å². The number of carboxylic acid groups (broad SMARTS) is 1. The number of nitrogens with zero attached hydrogens (tertiary/aromatic N) is 1. The van der Waals surface area contributed by atoms with E-state index in [9.17, 15) is 14.7 Å². The summed E-state index contributed by atoms with van der Waals surface area (Å²) in [6.07, 6.45) is 0. The molecule has 0 radical (unpaired) electrons. The lowest BCUT2D eigenvalue weighted by molar-refractivity contribution is -0.145. The molecule has 0 spiro atoms. The van der Waals surface area contributed by atoms with Crippen molar-refractivity contribution in [3.8, 4) is 23.0 Å². The van der Waals surface area contributed by atoms with Crippen LogP contribution in [0.3, 0.4) is 0 Å². The van der Waals surface area contributed by atoms with E-state index in [1.54, 1.807) is 55.6 Å². The van der Waals surface area contributed by atoms with E-state index in [4.69, 9.17) is 14.2 Å². The topological polar surface area (TPSA) is 85.3 Å². The number of rotatable bonds is 10. The minimum Gasteiger partial charge on any atom is -0.497 e. The number of aliphatic carboxylic acids is 1. The molecular formula is C24H23NO6. The van der Waals surface area contributed by atoms with E-state index in [1.165, 1.54) is 4.90 Å². The van der Waals surface area contributed by atoms with Crippen molar-refractivity contribution in [3.05, 3.63) is 84.4 Å². The molecule has 7 nitrogen and oxygen atoms in total. The minimum absolute atomic E-state index is 0.140. The summed E-state index contributed by atoms with van der Waals surface area (Å²) >= 11 is 0. The quantitative estimate of drug-likeness (QED) is 0.533. The van der Waals surface area contributed by atoms with Gasteiger partial charge in [-0.1, -0.05) is 42.5 Å². The second-order valence-corrected chi connectivity index (χ2v) is 6.64. The van der Waals surface area contributed by atoms with E-state index >= 15 is 0 Å². The van der Waals surface area contributed by atoms with Crippen molar-refractivity contribution < 1.29 is 28.9 Å². The molecule has 3 rings (SSSR count). The first kappa shape index (κ1) is 21.7. The Kier molecular flexibility index (Phi) is 7.48. The van der Waals surface area contributed by atoms with Crippen molar-refractivity contribution in [2.45, 2.75) is 6.54 Å². The molecule has 0 saturated heterocycles. The molecule has 0 heterocycles. The summed E-state index contributed by atoms with van der Waals surface area (Å²) in [5.41, 5.74) is 0.781. The molecule has 0 saturated carbocycles. The smallest absolute Gasteiger partial charge is 0.323 e. The summed E-state index contributed by atoms with van der Waals surface area (Å²) in [5, 5.41) is 9.21. The van der Waals surface area contributed by atoms with Crippen LogP contribution in [-0.2, 0) is 16.1 Å². The van der Waals surface area contributed by atoms with E-state index in [1.807, 2.05) is 30.3 Å². The number of benzene rings is 3. The van der Waals surface area contributed by atoms with Gasteiger partial charge in [0.05, 0.1) is 7.11 Å². The van der Waals surface area contributed by atoms with Crippen LogP contribution >= 0.6 is 0 Å². The Labute approximate surface area is 180 Å². The van der Waals surface area contributed by atoms with Gasteiger partial charge in [-0.2, -0.15) is 0 Å². The molecular weight excluding hydrogens is 398 g/mol. The van der Waals surface area contributed by atoms with Crippen LogP contribution in [0, 0.1) is 0 Å². The van der Waals surface area contributed by atoms with Gasteiger partial charge in [0.1, 0.15) is 18.0 Å². The summed E-state index contributed by atoms with van der Waals surface area (Å²) in [6, 6.07) is 23.3. The zero-order valence-corrected chi connectivity index (χ0v) is 17.1. The predicted octanol–water partition coefficient (Wildman–Crippen LogP) is 3.98. The highest BCUT2D eigenvalue weighted by Crippen LogP contribution is 2.31. The van der Waals surface area contributed by atoms with Gasteiger partial charge in [-0.3, -0.25) is 9.59 Å². The van der Waals surface area contributed by atoms with Crippen molar-refractivity contribution in [1.82, 2.24) is 4.90 Å². The Hall–Kier alpha value is -4.00. The third-order valence-electron chi connectivity index (χ3n) is 4.38. The molecule has 0 atom stereocenters.